The van der Waals surface area contributed by atoms with Gasteiger partial charge in [0.2, 0.25) is 0 Å². The fourth-order valence-corrected chi connectivity index (χ4v) is 1.64. The van der Waals surface area contributed by atoms with E-state index < -0.39 is 0 Å². The zero-order valence-electron chi connectivity index (χ0n) is 11.4. The third-order valence-corrected chi connectivity index (χ3v) is 2.79. The van der Waals surface area contributed by atoms with Crippen molar-refractivity contribution < 1.29 is 14.3 Å². The molecule has 0 saturated heterocycles. The monoisotopic (exact) mass is 251 g/mol. The number of benzene rings is 1. The molecule has 0 heterocycles. The molecule has 4 nitrogen and oxygen atoms in total. The van der Waals surface area contributed by atoms with Gasteiger partial charge < -0.3 is 14.8 Å². The zero-order valence-corrected chi connectivity index (χ0v) is 11.4. The Hall–Kier alpha value is -1.55. The van der Waals surface area contributed by atoms with E-state index in [1.165, 1.54) is 12.7 Å². The van der Waals surface area contributed by atoms with Crippen LogP contribution in [0.3, 0.4) is 0 Å². The molecule has 4 heteroatoms. The quantitative estimate of drug-likeness (QED) is 0.786. The van der Waals surface area contributed by atoms with Crippen molar-refractivity contribution in [3.8, 4) is 5.75 Å². The van der Waals surface area contributed by atoms with E-state index in [9.17, 15) is 4.79 Å². The Balaban J connectivity index is 2.68. The molecule has 0 aliphatic heterocycles. The van der Waals surface area contributed by atoms with Gasteiger partial charge >= 0.3 is 5.97 Å². The van der Waals surface area contributed by atoms with Gasteiger partial charge in [0.1, 0.15) is 5.75 Å². The lowest BCUT2D eigenvalue weighted by atomic mass is 10.0. The molecule has 18 heavy (non-hydrogen) atoms. The van der Waals surface area contributed by atoms with E-state index in [0.717, 1.165) is 11.3 Å². The molecule has 0 bridgehead atoms. The lowest BCUT2D eigenvalue weighted by molar-refractivity contribution is -0.139. The molecule has 1 aromatic carbocycles. The maximum Gasteiger partial charge on any atom is 0.319 e. The van der Waals surface area contributed by atoms with Crippen molar-refractivity contribution in [1.82, 2.24) is 5.32 Å². The van der Waals surface area contributed by atoms with Crippen molar-refractivity contribution in [2.24, 2.45) is 0 Å². The second kappa shape index (κ2) is 7.01. The first-order valence-corrected chi connectivity index (χ1v) is 6.02. The minimum Gasteiger partial charge on any atom is -0.496 e. The van der Waals surface area contributed by atoms with Crippen LogP contribution in [0.1, 0.15) is 30.9 Å². The summed E-state index contributed by atoms with van der Waals surface area (Å²) in [7, 11) is 3.03. The van der Waals surface area contributed by atoms with Gasteiger partial charge in [0.25, 0.3) is 0 Å². The predicted molar refractivity (Wildman–Crippen MR) is 70.8 cm³/mol. The van der Waals surface area contributed by atoms with Crippen molar-refractivity contribution in [3.05, 3.63) is 29.3 Å². The standard InChI is InChI=1S/C14H21NO3/c1-10(2)11-5-6-12(13(7-11)17-3)8-15-9-14(16)18-4/h5-7,10,15H,8-9H2,1-4H3. The van der Waals surface area contributed by atoms with Gasteiger partial charge in [-0.25, -0.2) is 0 Å². The molecule has 1 N–H and O–H groups in total. The number of carbonyl (C=O) groups excluding carboxylic acids is 1. The lowest BCUT2D eigenvalue weighted by Gasteiger charge is -2.13. The van der Waals surface area contributed by atoms with E-state index in [-0.39, 0.29) is 12.5 Å². The van der Waals surface area contributed by atoms with Gasteiger partial charge in [0.05, 0.1) is 20.8 Å². The maximum atomic E-state index is 11.0. The van der Waals surface area contributed by atoms with Gasteiger partial charge in [0, 0.05) is 12.1 Å². The molecular formula is C14H21NO3. The number of methoxy groups -OCH3 is 2. The molecule has 0 saturated carbocycles. The highest BCUT2D eigenvalue weighted by atomic mass is 16.5. The number of rotatable bonds is 6. The summed E-state index contributed by atoms with van der Waals surface area (Å²) >= 11 is 0. The average Bonchev–Trinajstić information content (AvgIpc) is 2.38. The molecule has 0 spiro atoms. The Kier molecular flexibility index (Phi) is 5.65. The van der Waals surface area contributed by atoms with Crippen LogP contribution in [-0.2, 0) is 16.1 Å². The summed E-state index contributed by atoms with van der Waals surface area (Å²) in [6.45, 7) is 5.07. The van der Waals surface area contributed by atoms with Gasteiger partial charge in [-0.05, 0) is 17.5 Å². The van der Waals surface area contributed by atoms with Gasteiger partial charge in [-0.15, -0.1) is 0 Å². The molecular weight excluding hydrogens is 230 g/mol. The van der Waals surface area contributed by atoms with Gasteiger partial charge in [0.15, 0.2) is 0 Å². The van der Waals surface area contributed by atoms with Crippen LogP contribution in [0, 0.1) is 0 Å². The molecule has 0 amide bonds. The molecule has 1 rings (SSSR count). The van der Waals surface area contributed by atoms with E-state index in [1.54, 1.807) is 7.11 Å². The first kappa shape index (κ1) is 14.5. The Morgan fingerprint density at radius 1 is 1.33 bits per heavy atom. The highest BCUT2D eigenvalue weighted by Crippen LogP contribution is 2.24. The van der Waals surface area contributed by atoms with E-state index in [0.29, 0.717) is 12.5 Å². The van der Waals surface area contributed by atoms with E-state index >= 15 is 0 Å². The van der Waals surface area contributed by atoms with Crippen LogP contribution in [-0.4, -0.2) is 26.7 Å². The summed E-state index contributed by atoms with van der Waals surface area (Å²) in [5.41, 5.74) is 2.27. The Morgan fingerprint density at radius 2 is 2.06 bits per heavy atom. The smallest absolute Gasteiger partial charge is 0.319 e. The minimum absolute atomic E-state index is 0.200. The first-order chi connectivity index (χ1) is 8.58. The number of carbonyl (C=O) groups is 1. The molecule has 0 aliphatic carbocycles. The van der Waals surface area contributed by atoms with E-state index in [2.05, 4.69) is 30.0 Å². The Bertz CT molecular complexity index is 402. The summed E-state index contributed by atoms with van der Waals surface area (Å²) < 4.78 is 9.93. The number of hydrogen-bond donors (Lipinski definition) is 1. The molecule has 1 aromatic rings. The second-order valence-electron chi connectivity index (χ2n) is 4.41. The van der Waals surface area contributed by atoms with Crippen LogP contribution < -0.4 is 10.1 Å². The topological polar surface area (TPSA) is 47.6 Å². The fraction of sp³-hybridized carbons (Fsp3) is 0.500. The van der Waals surface area contributed by atoms with Crippen LogP contribution in [0.15, 0.2) is 18.2 Å². The molecule has 100 valence electrons. The van der Waals surface area contributed by atoms with Gasteiger partial charge in [-0.1, -0.05) is 26.0 Å². The predicted octanol–water partition coefficient (Wildman–Crippen LogP) is 2.08. The number of hydrogen-bond acceptors (Lipinski definition) is 4. The van der Waals surface area contributed by atoms with Crippen molar-refractivity contribution in [3.63, 3.8) is 0 Å². The van der Waals surface area contributed by atoms with Crippen LogP contribution >= 0.6 is 0 Å². The Morgan fingerprint density at radius 3 is 2.61 bits per heavy atom. The minimum atomic E-state index is -0.271. The largest absolute Gasteiger partial charge is 0.496 e. The van der Waals surface area contributed by atoms with Crippen LogP contribution in [0.25, 0.3) is 0 Å². The van der Waals surface area contributed by atoms with E-state index in [4.69, 9.17) is 4.74 Å². The third-order valence-electron chi connectivity index (χ3n) is 2.79. The molecule has 0 unspecified atom stereocenters. The molecule has 0 aliphatic rings. The van der Waals surface area contributed by atoms with Crippen LogP contribution in [0.5, 0.6) is 5.75 Å². The number of nitrogens with one attached hydrogen (secondary N) is 1. The van der Waals surface area contributed by atoms with Crippen molar-refractivity contribution in [2.45, 2.75) is 26.3 Å². The lowest BCUT2D eigenvalue weighted by Crippen LogP contribution is -2.23. The summed E-state index contributed by atoms with van der Waals surface area (Å²) in [5, 5.41) is 3.02. The fourth-order valence-electron chi connectivity index (χ4n) is 1.64. The summed E-state index contributed by atoms with van der Waals surface area (Å²) in [4.78, 5) is 11.0. The summed E-state index contributed by atoms with van der Waals surface area (Å²) in [5.74, 6) is 1.04. The Labute approximate surface area is 108 Å². The van der Waals surface area contributed by atoms with Gasteiger partial charge in [-0.2, -0.15) is 0 Å². The SMILES string of the molecule is COC(=O)CNCc1ccc(C(C)C)cc1OC. The number of ether oxygens (including phenoxy) is 2. The van der Waals surface area contributed by atoms with Gasteiger partial charge in [-0.3, -0.25) is 4.79 Å². The summed E-state index contributed by atoms with van der Waals surface area (Å²) in [6.07, 6.45) is 0. The molecule has 0 aromatic heterocycles. The summed E-state index contributed by atoms with van der Waals surface area (Å²) in [6, 6.07) is 6.15. The highest BCUT2D eigenvalue weighted by molar-refractivity contribution is 5.71. The van der Waals surface area contributed by atoms with Crippen molar-refractivity contribution in [2.75, 3.05) is 20.8 Å². The first-order valence-electron chi connectivity index (χ1n) is 6.02. The average molecular weight is 251 g/mol. The molecule has 0 atom stereocenters. The van der Waals surface area contributed by atoms with Crippen molar-refractivity contribution >= 4 is 5.97 Å². The third kappa shape index (κ3) is 4.04. The van der Waals surface area contributed by atoms with Crippen molar-refractivity contribution in [1.29, 1.82) is 0 Å². The molecule has 0 radical (unpaired) electrons. The van der Waals surface area contributed by atoms with E-state index in [1.807, 2.05) is 12.1 Å². The maximum absolute atomic E-state index is 11.0. The normalized spacial score (nSPS) is 10.5. The number of esters is 1. The zero-order chi connectivity index (χ0) is 13.5. The van der Waals surface area contributed by atoms with Crippen LogP contribution in [0.4, 0.5) is 0 Å². The second-order valence-corrected chi connectivity index (χ2v) is 4.41. The molecule has 0 fully saturated rings. The highest BCUT2D eigenvalue weighted by Gasteiger charge is 2.07. The van der Waals surface area contributed by atoms with Crippen LogP contribution in [0.2, 0.25) is 0 Å².